The fourth-order valence-electron chi connectivity index (χ4n) is 4.25. The summed E-state index contributed by atoms with van der Waals surface area (Å²) in [5.74, 6) is 1.43. The van der Waals surface area contributed by atoms with Crippen molar-refractivity contribution in [1.29, 1.82) is 0 Å². The SMILES string of the molecule is C=CCc1ccc(C2CCC(c3ccc(COCC/C=C/C)cc3)CC2)cc1. The van der Waals surface area contributed by atoms with E-state index < -0.39 is 0 Å². The maximum Gasteiger partial charge on any atom is 0.0717 e. The van der Waals surface area contributed by atoms with Crippen LogP contribution in [-0.4, -0.2) is 6.61 Å². The summed E-state index contributed by atoms with van der Waals surface area (Å²) in [6, 6.07) is 18.3. The van der Waals surface area contributed by atoms with Crippen LogP contribution in [0, 0.1) is 0 Å². The second-order valence-corrected chi connectivity index (χ2v) is 7.93. The maximum atomic E-state index is 5.74. The highest BCUT2D eigenvalue weighted by Crippen LogP contribution is 2.40. The fourth-order valence-corrected chi connectivity index (χ4v) is 4.25. The van der Waals surface area contributed by atoms with Gasteiger partial charge in [0.05, 0.1) is 13.2 Å². The average Bonchev–Trinajstić information content (AvgIpc) is 2.75. The molecule has 0 atom stereocenters. The molecule has 0 aromatic heterocycles. The quantitative estimate of drug-likeness (QED) is 0.329. The molecule has 2 aromatic carbocycles. The molecule has 0 radical (unpaired) electrons. The Balaban J connectivity index is 1.47. The molecule has 1 saturated carbocycles. The predicted molar refractivity (Wildman–Crippen MR) is 120 cm³/mol. The molecule has 1 aliphatic carbocycles. The van der Waals surface area contributed by atoms with Gasteiger partial charge in [-0.1, -0.05) is 66.8 Å². The molecule has 1 aliphatic rings. The molecule has 1 heteroatoms. The summed E-state index contributed by atoms with van der Waals surface area (Å²) in [6.07, 6.45) is 13.3. The number of allylic oxidation sites excluding steroid dienone is 2. The summed E-state index contributed by atoms with van der Waals surface area (Å²) < 4.78 is 5.74. The lowest BCUT2D eigenvalue weighted by molar-refractivity contribution is 0.125. The molecule has 28 heavy (non-hydrogen) atoms. The summed E-state index contributed by atoms with van der Waals surface area (Å²) in [5.41, 5.74) is 5.64. The highest BCUT2D eigenvalue weighted by atomic mass is 16.5. The number of hydrogen-bond donors (Lipinski definition) is 0. The number of rotatable bonds is 9. The third-order valence-corrected chi connectivity index (χ3v) is 5.94. The topological polar surface area (TPSA) is 9.23 Å². The van der Waals surface area contributed by atoms with Gasteiger partial charge in [-0.25, -0.2) is 0 Å². The van der Waals surface area contributed by atoms with E-state index in [1.54, 1.807) is 0 Å². The van der Waals surface area contributed by atoms with Crippen LogP contribution in [0.1, 0.15) is 73.1 Å². The first-order valence-electron chi connectivity index (χ1n) is 10.8. The van der Waals surface area contributed by atoms with E-state index in [1.165, 1.54) is 47.9 Å². The van der Waals surface area contributed by atoms with Crippen molar-refractivity contribution < 1.29 is 4.74 Å². The minimum absolute atomic E-state index is 0.709. The van der Waals surface area contributed by atoms with Crippen LogP contribution >= 0.6 is 0 Å². The fraction of sp³-hybridized carbons (Fsp3) is 0.407. The number of ether oxygens (including phenoxy) is 1. The van der Waals surface area contributed by atoms with Crippen LogP contribution in [0.4, 0.5) is 0 Å². The Morgan fingerprint density at radius 1 is 0.857 bits per heavy atom. The van der Waals surface area contributed by atoms with E-state index in [2.05, 4.69) is 67.3 Å². The molecule has 0 saturated heterocycles. The summed E-state index contributed by atoms with van der Waals surface area (Å²) in [5, 5.41) is 0. The van der Waals surface area contributed by atoms with Gasteiger partial charge in [0.2, 0.25) is 0 Å². The molecule has 148 valence electrons. The van der Waals surface area contributed by atoms with E-state index in [9.17, 15) is 0 Å². The van der Waals surface area contributed by atoms with Crippen LogP contribution < -0.4 is 0 Å². The van der Waals surface area contributed by atoms with Crippen LogP contribution in [0.5, 0.6) is 0 Å². The zero-order chi connectivity index (χ0) is 19.6. The van der Waals surface area contributed by atoms with Gasteiger partial charge < -0.3 is 4.74 Å². The van der Waals surface area contributed by atoms with E-state index in [0.717, 1.165) is 25.4 Å². The Bertz CT molecular complexity index is 731. The summed E-state index contributed by atoms with van der Waals surface area (Å²) in [6.45, 7) is 7.39. The van der Waals surface area contributed by atoms with Gasteiger partial charge in [0.15, 0.2) is 0 Å². The molecule has 0 aliphatic heterocycles. The molecule has 0 unspecified atom stereocenters. The van der Waals surface area contributed by atoms with Crippen LogP contribution in [0.3, 0.4) is 0 Å². The minimum Gasteiger partial charge on any atom is -0.376 e. The lowest BCUT2D eigenvalue weighted by Gasteiger charge is -2.29. The Labute approximate surface area is 171 Å². The van der Waals surface area contributed by atoms with Crippen LogP contribution in [0.15, 0.2) is 73.3 Å². The normalized spacial score (nSPS) is 19.8. The van der Waals surface area contributed by atoms with Crippen molar-refractivity contribution >= 4 is 0 Å². The average molecular weight is 375 g/mol. The highest BCUT2D eigenvalue weighted by Gasteiger charge is 2.23. The lowest BCUT2D eigenvalue weighted by atomic mass is 9.76. The van der Waals surface area contributed by atoms with Crippen LogP contribution in [-0.2, 0) is 17.8 Å². The number of hydrogen-bond acceptors (Lipinski definition) is 1. The van der Waals surface area contributed by atoms with E-state index in [1.807, 2.05) is 13.0 Å². The number of benzene rings is 2. The Kier molecular flexibility index (Phi) is 8.11. The van der Waals surface area contributed by atoms with Crippen molar-refractivity contribution in [2.45, 2.75) is 63.9 Å². The largest absolute Gasteiger partial charge is 0.376 e. The molecule has 0 bridgehead atoms. The van der Waals surface area contributed by atoms with Crippen molar-refractivity contribution in [3.63, 3.8) is 0 Å². The van der Waals surface area contributed by atoms with Crippen LogP contribution in [0.25, 0.3) is 0 Å². The first-order valence-corrected chi connectivity index (χ1v) is 10.8. The van der Waals surface area contributed by atoms with Gasteiger partial charge in [0, 0.05) is 0 Å². The highest BCUT2D eigenvalue weighted by molar-refractivity contribution is 5.29. The van der Waals surface area contributed by atoms with E-state index in [-0.39, 0.29) is 0 Å². The van der Waals surface area contributed by atoms with Gasteiger partial charge in [-0.05, 0) is 79.5 Å². The molecule has 0 spiro atoms. The summed E-state index contributed by atoms with van der Waals surface area (Å²) >= 11 is 0. The Morgan fingerprint density at radius 3 is 1.89 bits per heavy atom. The Hall–Kier alpha value is -2.12. The van der Waals surface area contributed by atoms with E-state index >= 15 is 0 Å². The van der Waals surface area contributed by atoms with Gasteiger partial charge in [-0.3, -0.25) is 0 Å². The Morgan fingerprint density at radius 2 is 1.39 bits per heavy atom. The van der Waals surface area contributed by atoms with E-state index in [0.29, 0.717) is 12.5 Å². The molecule has 0 amide bonds. The van der Waals surface area contributed by atoms with Gasteiger partial charge >= 0.3 is 0 Å². The summed E-state index contributed by atoms with van der Waals surface area (Å²) in [4.78, 5) is 0. The molecule has 2 aromatic rings. The zero-order valence-electron chi connectivity index (χ0n) is 17.3. The van der Waals surface area contributed by atoms with Gasteiger partial charge in [-0.15, -0.1) is 6.58 Å². The second kappa shape index (κ2) is 11.0. The molecular formula is C27H34O. The molecule has 3 rings (SSSR count). The zero-order valence-corrected chi connectivity index (χ0v) is 17.3. The van der Waals surface area contributed by atoms with Crippen molar-refractivity contribution in [3.05, 3.63) is 95.6 Å². The molecular weight excluding hydrogens is 340 g/mol. The standard InChI is InChI=1S/C27H34O/c1-3-5-6-20-28-21-23-10-14-25(15-11-23)27-18-16-26(17-19-27)24-12-8-22(7-4-2)9-13-24/h3-5,8-15,26-27H,2,6-7,16-21H2,1H3/b5-3+. The third kappa shape index (κ3) is 5.94. The molecule has 0 N–H and O–H groups in total. The monoisotopic (exact) mass is 374 g/mol. The maximum absolute atomic E-state index is 5.74. The van der Waals surface area contributed by atoms with E-state index in [4.69, 9.17) is 4.74 Å². The molecule has 1 nitrogen and oxygen atoms in total. The predicted octanol–water partition coefficient (Wildman–Crippen LogP) is 7.34. The van der Waals surface area contributed by atoms with Gasteiger partial charge in [-0.2, -0.15) is 0 Å². The van der Waals surface area contributed by atoms with Crippen molar-refractivity contribution in [2.24, 2.45) is 0 Å². The molecule has 1 fully saturated rings. The molecule has 0 heterocycles. The van der Waals surface area contributed by atoms with Crippen molar-refractivity contribution in [3.8, 4) is 0 Å². The second-order valence-electron chi connectivity index (χ2n) is 7.93. The summed E-state index contributed by atoms with van der Waals surface area (Å²) in [7, 11) is 0. The van der Waals surface area contributed by atoms with Crippen molar-refractivity contribution in [1.82, 2.24) is 0 Å². The first kappa shape index (κ1) is 20.6. The third-order valence-electron chi connectivity index (χ3n) is 5.94. The van der Waals surface area contributed by atoms with Crippen molar-refractivity contribution in [2.75, 3.05) is 6.61 Å². The minimum atomic E-state index is 0.709. The van der Waals surface area contributed by atoms with Gasteiger partial charge in [0.25, 0.3) is 0 Å². The first-order chi connectivity index (χ1) is 13.8. The van der Waals surface area contributed by atoms with Crippen LogP contribution in [0.2, 0.25) is 0 Å². The lowest BCUT2D eigenvalue weighted by Crippen LogP contribution is -2.12. The van der Waals surface area contributed by atoms with Gasteiger partial charge in [0.1, 0.15) is 0 Å². The smallest absolute Gasteiger partial charge is 0.0717 e.